The molecule has 0 aliphatic rings. The monoisotopic (exact) mass is 362 g/mol. The van der Waals surface area contributed by atoms with Crippen LogP contribution in [0.1, 0.15) is 5.56 Å². The second-order valence-electron chi connectivity index (χ2n) is 5.54. The Morgan fingerprint density at radius 1 is 1.08 bits per heavy atom. The standard InChI is InChI=1S/C17H13F3N4O2/c18-11-3-4-15-13(8-11)17(26)24(23-22-15)6-5-21-16(25)7-10-1-2-12(19)9-14(10)20/h1-4,8-9H,5-7H2,(H,21,25). The zero-order chi connectivity index (χ0) is 18.7. The molecule has 0 unspecified atom stereocenters. The highest BCUT2D eigenvalue weighted by atomic mass is 19.1. The largest absolute Gasteiger partial charge is 0.354 e. The van der Waals surface area contributed by atoms with Gasteiger partial charge in [0.1, 0.15) is 23.0 Å². The molecule has 0 atom stereocenters. The van der Waals surface area contributed by atoms with Crippen LogP contribution in [0.4, 0.5) is 13.2 Å². The quantitative estimate of drug-likeness (QED) is 0.748. The predicted octanol–water partition coefficient (Wildman–Crippen LogP) is 1.57. The number of amides is 1. The van der Waals surface area contributed by atoms with Gasteiger partial charge in [-0.15, -0.1) is 5.10 Å². The molecule has 1 aromatic heterocycles. The molecule has 9 heteroatoms. The number of fused-ring (bicyclic) bond motifs is 1. The SMILES string of the molecule is O=C(Cc1ccc(F)cc1F)NCCn1nnc2ccc(F)cc2c1=O. The van der Waals surface area contributed by atoms with Gasteiger partial charge in [-0.25, -0.2) is 17.9 Å². The predicted molar refractivity (Wildman–Crippen MR) is 86.8 cm³/mol. The van der Waals surface area contributed by atoms with Crippen molar-refractivity contribution >= 4 is 16.8 Å². The Balaban J connectivity index is 1.62. The molecule has 1 heterocycles. The van der Waals surface area contributed by atoms with Gasteiger partial charge in [0, 0.05) is 12.6 Å². The number of halogens is 3. The van der Waals surface area contributed by atoms with E-state index in [1.54, 1.807) is 0 Å². The van der Waals surface area contributed by atoms with E-state index in [1.807, 2.05) is 0 Å². The van der Waals surface area contributed by atoms with Crippen molar-refractivity contribution in [1.82, 2.24) is 20.3 Å². The van der Waals surface area contributed by atoms with Gasteiger partial charge < -0.3 is 5.32 Å². The minimum absolute atomic E-state index is 0.00985. The van der Waals surface area contributed by atoms with Crippen LogP contribution in [0.3, 0.4) is 0 Å². The van der Waals surface area contributed by atoms with E-state index in [9.17, 15) is 22.8 Å². The van der Waals surface area contributed by atoms with E-state index >= 15 is 0 Å². The second kappa shape index (κ2) is 7.34. The van der Waals surface area contributed by atoms with Crippen LogP contribution in [0.2, 0.25) is 0 Å². The van der Waals surface area contributed by atoms with Crippen LogP contribution in [-0.2, 0) is 17.8 Å². The number of aromatic nitrogens is 3. The number of nitrogens with one attached hydrogen (secondary N) is 1. The molecule has 6 nitrogen and oxygen atoms in total. The van der Waals surface area contributed by atoms with Crippen LogP contribution in [0.25, 0.3) is 10.9 Å². The van der Waals surface area contributed by atoms with Crippen molar-refractivity contribution in [2.24, 2.45) is 0 Å². The summed E-state index contributed by atoms with van der Waals surface area (Å²) >= 11 is 0. The molecule has 0 saturated heterocycles. The van der Waals surface area contributed by atoms with Gasteiger partial charge in [0.05, 0.1) is 18.4 Å². The maximum atomic E-state index is 13.5. The number of carbonyl (C=O) groups is 1. The molecule has 0 fully saturated rings. The van der Waals surface area contributed by atoms with Crippen LogP contribution in [0.15, 0.2) is 41.2 Å². The fourth-order valence-corrected chi connectivity index (χ4v) is 2.40. The number of benzene rings is 2. The highest BCUT2D eigenvalue weighted by Gasteiger charge is 2.10. The number of rotatable bonds is 5. The lowest BCUT2D eigenvalue weighted by Gasteiger charge is -2.07. The van der Waals surface area contributed by atoms with Crippen molar-refractivity contribution in [2.75, 3.05) is 6.54 Å². The Labute approximate surface area is 145 Å². The highest BCUT2D eigenvalue weighted by molar-refractivity contribution is 5.78. The maximum absolute atomic E-state index is 13.5. The molecule has 0 spiro atoms. The van der Waals surface area contributed by atoms with Crippen LogP contribution in [0.5, 0.6) is 0 Å². The first kappa shape index (κ1) is 17.6. The molecule has 0 aliphatic heterocycles. The van der Waals surface area contributed by atoms with Gasteiger partial charge in [0.2, 0.25) is 5.91 Å². The Morgan fingerprint density at radius 3 is 2.58 bits per heavy atom. The molecule has 3 aromatic rings. The molecule has 2 aromatic carbocycles. The summed E-state index contributed by atoms with van der Waals surface area (Å²) in [5.41, 5.74) is -0.209. The molecular weight excluding hydrogens is 349 g/mol. The molecule has 0 bridgehead atoms. The third-order valence-corrected chi connectivity index (χ3v) is 3.70. The van der Waals surface area contributed by atoms with Crippen LogP contribution in [-0.4, -0.2) is 27.4 Å². The van der Waals surface area contributed by atoms with E-state index in [2.05, 4.69) is 15.6 Å². The zero-order valence-corrected chi connectivity index (χ0v) is 13.4. The van der Waals surface area contributed by atoms with Gasteiger partial charge >= 0.3 is 0 Å². The molecule has 1 amide bonds. The van der Waals surface area contributed by atoms with Crippen LogP contribution >= 0.6 is 0 Å². The molecule has 134 valence electrons. The zero-order valence-electron chi connectivity index (χ0n) is 13.4. The summed E-state index contributed by atoms with van der Waals surface area (Å²) in [7, 11) is 0. The molecule has 0 radical (unpaired) electrons. The Hall–Kier alpha value is -3.23. The average molecular weight is 362 g/mol. The Morgan fingerprint density at radius 2 is 1.81 bits per heavy atom. The van der Waals surface area contributed by atoms with Gasteiger partial charge in [-0.3, -0.25) is 9.59 Å². The first-order valence-electron chi connectivity index (χ1n) is 7.68. The van der Waals surface area contributed by atoms with Crippen molar-refractivity contribution in [3.8, 4) is 0 Å². The summed E-state index contributed by atoms with van der Waals surface area (Å²) in [6.45, 7) is 0.0486. The van der Waals surface area contributed by atoms with Crippen molar-refractivity contribution < 1.29 is 18.0 Å². The highest BCUT2D eigenvalue weighted by Crippen LogP contribution is 2.10. The number of carbonyl (C=O) groups excluding carboxylic acids is 1. The van der Waals surface area contributed by atoms with Crippen molar-refractivity contribution in [1.29, 1.82) is 0 Å². The first-order chi connectivity index (χ1) is 12.4. The van der Waals surface area contributed by atoms with E-state index < -0.39 is 28.9 Å². The van der Waals surface area contributed by atoms with E-state index in [4.69, 9.17) is 0 Å². The first-order valence-corrected chi connectivity index (χ1v) is 7.68. The molecule has 0 aliphatic carbocycles. The minimum Gasteiger partial charge on any atom is -0.354 e. The Kier molecular flexibility index (Phi) is 4.97. The minimum atomic E-state index is -0.807. The second-order valence-corrected chi connectivity index (χ2v) is 5.54. The van der Waals surface area contributed by atoms with E-state index in [-0.39, 0.29) is 36.0 Å². The fourth-order valence-electron chi connectivity index (χ4n) is 2.40. The number of hydrogen-bond acceptors (Lipinski definition) is 4. The van der Waals surface area contributed by atoms with E-state index in [0.717, 1.165) is 16.8 Å². The molecule has 3 rings (SSSR count). The van der Waals surface area contributed by atoms with Gasteiger partial charge in [0.25, 0.3) is 5.56 Å². The fraction of sp³-hybridized carbons (Fsp3) is 0.176. The van der Waals surface area contributed by atoms with Gasteiger partial charge in [-0.1, -0.05) is 11.3 Å². The topological polar surface area (TPSA) is 76.9 Å². The van der Waals surface area contributed by atoms with Gasteiger partial charge in [-0.05, 0) is 29.8 Å². The van der Waals surface area contributed by atoms with Gasteiger partial charge in [0.15, 0.2) is 0 Å². The Bertz CT molecular complexity index is 1040. The van der Waals surface area contributed by atoms with Gasteiger partial charge in [-0.2, -0.15) is 0 Å². The summed E-state index contributed by atoms with van der Waals surface area (Å²) < 4.78 is 40.6. The van der Waals surface area contributed by atoms with E-state index in [0.29, 0.717) is 6.07 Å². The molecular formula is C17H13F3N4O2. The lowest BCUT2D eigenvalue weighted by molar-refractivity contribution is -0.120. The lowest BCUT2D eigenvalue weighted by atomic mass is 10.1. The average Bonchev–Trinajstić information content (AvgIpc) is 2.60. The molecule has 1 N–H and O–H groups in total. The summed E-state index contributed by atoms with van der Waals surface area (Å²) in [5, 5.41) is 10.1. The normalized spacial score (nSPS) is 10.9. The van der Waals surface area contributed by atoms with Crippen molar-refractivity contribution in [3.63, 3.8) is 0 Å². The van der Waals surface area contributed by atoms with Crippen LogP contribution < -0.4 is 10.9 Å². The number of nitrogens with zero attached hydrogens (tertiary/aromatic N) is 3. The van der Waals surface area contributed by atoms with E-state index in [1.165, 1.54) is 18.2 Å². The summed E-state index contributed by atoms with van der Waals surface area (Å²) in [5.74, 6) is -2.59. The third kappa shape index (κ3) is 3.88. The molecule has 26 heavy (non-hydrogen) atoms. The molecule has 0 saturated carbocycles. The van der Waals surface area contributed by atoms with Crippen LogP contribution in [0, 0.1) is 17.5 Å². The smallest absolute Gasteiger partial charge is 0.277 e. The maximum Gasteiger partial charge on any atom is 0.277 e. The third-order valence-electron chi connectivity index (χ3n) is 3.70. The lowest BCUT2D eigenvalue weighted by Crippen LogP contribution is -2.33. The summed E-state index contributed by atoms with van der Waals surface area (Å²) in [6.07, 6.45) is -0.268. The summed E-state index contributed by atoms with van der Waals surface area (Å²) in [4.78, 5) is 24.1. The van der Waals surface area contributed by atoms with Crippen molar-refractivity contribution in [3.05, 3.63) is 69.8 Å². The summed E-state index contributed by atoms with van der Waals surface area (Å²) in [6, 6.07) is 6.55. The number of hydrogen-bond donors (Lipinski definition) is 1. The van der Waals surface area contributed by atoms with Crippen molar-refractivity contribution in [2.45, 2.75) is 13.0 Å².